The van der Waals surface area contributed by atoms with Gasteiger partial charge in [-0.3, -0.25) is 4.79 Å². The van der Waals surface area contributed by atoms with Gasteiger partial charge in [0, 0.05) is 13.7 Å². The van der Waals surface area contributed by atoms with Gasteiger partial charge in [-0.2, -0.15) is 0 Å². The molecule has 0 saturated heterocycles. The predicted octanol–water partition coefficient (Wildman–Crippen LogP) is 1.39. The van der Waals surface area contributed by atoms with Crippen LogP contribution in [0.1, 0.15) is 24.5 Å². The summed E-state index contributed by atoms with van der Waals surface area (Å²) in [6.45, 7) is 3.69. The average molecular weight is 284 g/mol. The fourth-order valence-corrected chi connectivity index (χ4v) is 1.65. The van der Waals surface area contributed by atoms with Crippen LogP contribution in [0.3, 0.4) is 0 Å². The highest BCUT2D eigenvalue weighted by atomic mass is 16.5. The zero-order valence-electron chi connectivity index (χ0n) is 11.9. The summed E-state index contributed by atoms with van der Waals surface area (Å²) in [6, 6.07) is 2.77. The lowest BCUT2D eigenvalue weighted by Gasteiger charge is -2.22. The molecule has 1 aromatic heterocycles. The van der Waals surface area contributed by atoms with E-state index in [2.05, 4.69) is 5.32 Å². The van der Waals surface area contributed by atoms with Gasteiger partial charge in [0.05, 0.1) is 12.6 Å². The Hall–Kier alpha value is -2.02. The van der Waals surface area contributed by atoms with E-state index < -0.39 is 12.0 Å². The molecule has 112 valence electrons. The molecule has 0 aliphatic rings. The second-order valence-electron chi connectivity index (χ2n) is 4.43. The van der Waals surface area contributed by atoms with Crippen LogP contribution in [0, 0.1) is 6.92 Å². The zero-order chi connectivity index (χ0) is 15.1. The minimum absolute atomic E-state index is 0.207. The number of nitrogens with zero attached hydrogens (tertiary/aromatic N) is 1. The molecule has 1 rings (SSSR count). The highest BCUT2D eigenvalue weighted by Gasteiger charge is 2.20. The molecule has 0 saturated carbocycles. The number of carbonyl (C=O) groups excluding carboxylic acids is 1. The first-order chi connectivity index (χ1) is 9.43. The molecule has 0 fully saturated rings. The molecule has 1 heterocycles. The molecule has 1 atom stereocenters. The van der Waals surface area contributed by atoms with Crippen LogP contribution in [0.15, 0.2) is 16.5 Å². The number of aryl methyl sites for hydroxylation is 1. The van der Waals surface area contributed by atoms with Crippen LogP contribution in [-0.2, 0) is 9.53 Å². The molecule has 7 nitrogen and oxygen atoms in total. The molecule has 0 aliphatic heterocycles. The molecule has 0 aliphatic carbocycles. The van der Waals surface area contributed by atoms with Gasteiger partial charge >= 0.3 is 12.0 Å². The number of furan rings is 1. The van der Waals surface area contributed by atoms with Gasteiger partial charge in [0.15, 0.2) is 0 Å². The van der Waals surface area contributed by atoms with Crippen LogP contribution >= 0.6 is 0 Å². The third-order valence-corrected chi connectivity index (χ3v) is 2.71. The van der Waals surface area contributed by atoms with Crippen LogP contribution in [0.25, 0.3) is 0 Å². The smallest absolute Gasteiger partial charge is 0.323 e. The number of carbonyl (C=O) groups is 2. The first kappa shape index (κ1) is 16.0. The SMILES string of the molecule is COCCN(CC(=O)O)C(=O)NC(C)c1ccc(C)o1. The van der Waals surface area contributed by atoms with E-state index in [1.165, 1.54) is 12.0 Å². The van der Waals surface area contributed by atoms with Gasteiger partial charge in [0.25, 0.3) is 0 Å². The van der Waals surface area contributed by atoms with Crippen LogP contribution in [0.2, 0.25) is 0 Å². The number of ether oxygens (including phenoxy) is 1. The van der Waals surface area contributed by atoms with Gasteiger partial charge in [-0.25, -0.2) is 4.79 Å². The van der Waals surface area contributed by atoms with E-state index in [1.54, 1.807) is 19.1 Å². The third-order valence-electron chi connectivity index (χ3n) is 2.71. The lowest BCUT2D eigenvalue weighted by atomic mass is 10.2. The van der Waals surface area contributed by atoms with Crippen LogP contribution < -0.4 is 5.32 Å². The molecule has 7 heteroatoms. The first-order valence-corrected chi connectivity index (χ1v) is 6.26. The Balaban J connectivity index is 2.62. The van der Waals surface area contributed by atoms with Crippen LogP contribution in [-0.4, -0.2) is 48.8 Å². The van der Waals surface area contributed by atoms with Crippen molar-refractivity contribution in [2.75, 3.05) is 26.8 Å². The fraction of sp³-hybridized carbons (Fsp3) is 0.538. The first-order valence-electron chi connectivity index (χ1n) is 6.26. The van der Waals surface area contributed by atoms with Crippen LogP contribution in [0.4, 0.5) is 4.79 Å². The number of hydrogen-bond donors (Lipinski definition) is 2. The topological polar surface area (TPSA) is 92.0 Å². The number of hydrogen-bond acceptors (Lipinski definition) is 4. The van der Waals surface area contributed by atoms with Crippen LogP contribution in [0.5, 0.6) is 0 Å². The van der Waals surface area contributed by atoms with Gasteiger partial charge in [0.1, 0.15) is 18.1 Å². The number of nitrogens with one attached hydrogen (secondary N) is 1. The highest BCUT2D eigenvalue weighted by molar-refractivity contribution is 5.80. The number of amides is 2. The molecule has 0 aromatic carbocycles. The zero-order valence-corrected chi connectivity index (χ0v) is 11.9. The van der Waals surface area contributed by atoms with E-state index in [0.717, 1.165) is 5.76 Å². The predicted molar refractivity (Wildman–Crippen MR) is 71.5 cm³/mol. The molecule has 1 aromatic rings. The molecular weight excluding hydrogens is 264 g/mol. The van der Waals surface area contributed by atoms with E-state index >= 15 is 0 Å². The maximum Gasteiger partial charge on any atom is 0.323 e. The van der Waals surface area contributed by atoms with Crippen molar-refractivity contribution in [3.05, 3.63) is 23.7 Å². The summed E-state index contributed by atoms with van der Waals surface area (Å²) < 4.78 is 10.3. The minimum Gasteiger partial charge on any atom is -0.480 e. The van der Waals surface area contributed by atoms with Crippen molar-refractivity contribution >= 4 is 12.0 Å². The standard InChI is InChI=1S/C13H20N2O5/c1-9-4-5-11(20-9)10(2)14-13(18)15(6-7-19-3)8-12(16)17/h4-5,10H,6-8H2,1-3H3,(H,14,18)(H,16,17). The Bertz CT molecular complexity index is 457. The summed E-state index contributed by atoms with van der Waals surface area (Å²) in [7, 11) is 1.49. The lowest BCUT2D eigenvalue weighted by Crippen LogP contribution is -2.45. The van der Waals surface area contributed by atoms with Gasteiger partial charge in [0.2, 0.25) is 0 Å². The molecular formula is C13H20N2O5. The number of methoxy groups -OCH3 is 1. The Labute approximate surface area is 117 Å². The van der Waals surface area contributed by atoms with E-state index in [9.17, 15) is 9.59 Å². The highest BCUT2D eigenvalue weighted by Crippen LogP contribution is 2.15. The Kier molecular flexibility index (Phi) is 6.05. The van der Waals surface area contributed by atoms with E-state index in [-0.39, 0.29) is 25.7 Å². The largest absolute Gasteiger partial charge is 0.480 e. The van der Waals surface area contributed by atoms with Crippen molar-refractivity contribution in [1.82, 2.24) is 10.2 Å². The van der Waals surface area contributed by atoms with Crippen molar-refractivity contribution in [1.29, 1.82) is 0 Å². The summed E-state index contributed by atoms with van der Waals surface area (Å²) in [6.07, 6.45) is 0. The van der Waals surface area contributed by atoms with E-state index in [1.807, 2.05) is 6.92 Å². The maximum atomic E-state index is 12.0. The summed E-state index contributed by atoms with van der Waals surface area (Å²) in [5, 5.41) is 11.5. The molecule has 1 unspecified atom stereocenters. The van der Waals surface area contributed by atoms with Crippen molar-refractivity contribution in [2.24, 2.45) is 0 Å². The Morgan fingerprint density at radius 3 is 2.70 bits per heavy atom. The van der Waals surface area contributed by atoms with Gasteiger partial charge in [-0.15, -0.1) is 0 Å². The normalized spacial score (nSPS) is 11.9. The number of urea groups is 1. The number of aliphatic carboxylic acids is 1. The quantitative estimate of drug-likeness (QED) is 0.789. The molecule has 2 amide bonds. The number of rotatable bonds is 7. The molecule has 2 N–H and O–H groups in total. The molecule has 0 radical (unpaired) electrons. The van der Waals surface area contributed by atoms with Gasteiger partial charge < -0.3 is 24.5 Å². The van der Waals surface area contributed by atoms with Gasteiger partial charge in [-0.1, -0.05) is 0 Å². The third kappa shape index (κ3) is 4.93. The summed E-state index contributed by atoms with van der Waals surface area (Å²) in [5.74, 6) is 0.304. The second-order valence-corrected chi connectivity index (χ2v) is 4.43. The number of carboxylic acids is 1. The fourth-order valence-electron chi connectivity index (χ4n) is 1.65. The number of carboxylic acid groups (broad SMARTS) is 1. The van der Waals surface area contributed by atoms with E-state index in [0.29, 0.717) is 5.76 Å². The van der Waals surface area contributed by atoms with Crippen molar-refractivity contribution in [3.8, 4) is 0 Å². The minimum atomic E-state index is -1.07. The molecule has 20 heavy (non-hydrogen) atoms. The summed E-state index contributed by atoms with van der Waals surface area (Å²) in [5.41, 5.74) is 0. The molecule has 0 spiro atoms. The Morgan fingerprint density at radius 2 is 2.20 bits per heavy atom. The summed E-state index contributed by atoms with van der Waals surface area (Å²) >= 11 is 0. The van der Waals surface area contributed by atoms with Crippen molar-refractivity contribution in [3.63, 3.8) is 0 Å². The summed E-state index contributed by atoms with van der Waals surface area (Å²) in [4.78, 5) is 24.0. The lowest BCUT2D eigenvalue weighted by molar-refractivity contribution is -0.137. The maximum absolute atomic E-state index is 12.0. The van der Waals surface area contributed by atoms with Crippen molar-refractivity contribution < 1.29 is 23.8 Å². The van der Waals surface area contributed by atoms with Gasteiger partial charge in [-0.05, 0) is 26.0 Å². The Morgan fingerprint density at radius 1 is 1.50 bits per heavy atom. The van der Waals surface area contributed by atoms with Crippen molar-refractivity contribution in [2.45, 2.75) is 19.9 Å². The molecule has 0 bridgehead atoms. The van der Waals surface area contributed by atoms with E-state index in [4.69, 9.17) is 14.3 Å². The average Bonchev–Trinajstić information content (AvgIpc) is 2.80. The second kappa shape index (κ2) is 7.54. The monoisotopic (exact) mass is 284 g/mol.